The minimum absolute atomic E-state index is 0.202. The van der Waals surface area contributed by atoms with Crippen molar-refractivity contribution in [2.24, 2.45) is 5.84 Å². The van der Waals surface area contributed by atoms with Crippen LogP contribution in [0.2, 0.25) is 0 Å². The first kappa shape index (κ1) is 14.9. The third-order valence-electron chi connectivity index (χ3n) is 2.78. The number of benzene rings is 1. The lowest BCUT2D eigenvalue weighted by Gasteiger charge is -2.20. The normalized spacial score (nSPS) is 13.4. The number of rotatable bonds is 4. The smallest absolute Gasteiger partial charge is 0.271 e. The van der Waals surface area contributed by atoms with E-state index in [0.717, 1.165) is 23.1 Å². The molecule has 1 aromatic heterocycles. The Morgan fingerprint density at radius 3 is 2.65 bits per heavy atom. The molecule has 0 aliphatic carbocycles. The van der Waals surface area contributed by atoms with Gasteiger partial charge in [0.1, 0.15) is 5.82 Å². The number of nitrogens with two attached hydrogens (primary N) is 1. The molecular formula is C12H11F4N3S. The predicted molar refractivity (Wildman–Crippen MR) is 67.3 cm³/mol. The average molecular weight is 305 g/mol. The highest BCUT2D eigenvalue weighted by molar-refractivity contribution is 7.09. The summed E-state index contributed by atoms with van der Waals surface area (Å²) in [6.07, 6.45) is -2.82. The highest BCUT2D eigenvalue weighted by Crippen LogP contribution is 2.36. The fourth-order valence-electron chi connectivity index (χ4n) is 1.88. The zero-order valence-electron chi connectivity index (χ0n) is 10.1. The molecule has 0 amide bonds. The lowest BCUT2D eigenvalue weighted by atomic mass is 9.97. The molecule has 0 radical (unpaired) electrons. The Balaban J connectivity index is 2.40. The van der Waals surface area contributed by atoms with E-state index in [4.69, 9.17) is 5.84 Å². The van der Waals surface area contributed by atoms with Gasteiger partial charge in [0.2, 0.25) is 0 Å². The second kappa shape index (κ2) is 5.86. The van der Waals surface area contributed by atoms with Crippen LogP contribution >= 0.6 is 11.3 Å². The van der Waals surface area contributed by atoms with Crippen LogP contribution in [-0.2, 0) is 12.6 Å². The SMILES string of the molecule is NNC(Cc1cncs1)c1cc(F)ccc1C(F)(F)F. The van der Waals surface area contributed by atoms with Crippen molar-refractivity contribution in [1.82, 2.24) is 10.4 Å². The molecule has 1 atom stereocenters. The van der Waals surface area contributed by atoms with Crippen LogP contribution in [0.3, 0.4) is 0 Å². The number of hydrogen-bond donors (Lipinski definition) is 2. The predicted octanol–water partition coefficient (Wildman–Crippen LogP) is 3.05. The number of aromatic nitrogens is 1. The quantitative estimate of drug-likeness (QED) is 0.518. The maximum Gasteiger partial charge on any atom is 0.416 e. The summed E-state index contributed by atoms with van der Waals surface area (Å²) in [5.74, 6) is 4.59. The fourth-order valence-corrected chi connectivity index (χ4v) is 2.52. The Labute approximate surface area is 116 Å². The summed E-state index contributed by atoms with van der Waals surface area (Å²) in [5, 5.41) is 0. The van der Waals surface area contributed by atoms with Crippen LogP contribution < -0.4 is 11.3 Å². The van der Waals surface area contributed by atoms with E-state index in [1.54, 1.807) is 11.7 Å². The number of thiazole rings is 1. The van der Waals surface area contributed by atoms with Gasteiger partial charge in [-0.3, -0.25) is 16.3 Å². The van der Waals surface area contributed by atoms with Crippen molar-refractivity contribution in [3.05, 3.63) is 51.7 Å². The summed E-state index contributed by atoms with van der Waals surface area (Å²) >= 11 is 1.30. The van der Waals surface area contributed by atoms with E-state index in [1.807, 2.05) is 0 Å². The van der Waals surface area contributed by atoms with E-state index in [9.17, 15) is 17.6 Å². The second-order valence-electron chi connectivity index (χ2n) is 4.12. The number of hydrogen-bond acceptors (Lipinski definition) is 4. The molecule has 0 saturated heterocycles. The number of alkyl halides is 3. The highest BCUT2D eigenvalue weighted by atomic mass is 32.1. The van der Waals surface area contributed by atoms with Crippen molar-refractivity contribution < 1.29 is 17.6 Å². The van der Waals surface area contributed by atoms with E-state index >= 15 is 0 Å². The van der Waals surface area contributed by atoms with Crippen LogP contribution in [0.1, 0.15) is 22.0 Å². The Hall–Kier alpha value is -1.51. The maximum absolute atomic E-state index is 13.3. The second-order valence-corrected chi connectivity index (χ2v) is 5.09. The van der Waals surface area contributed by atoms with Gasteiger partial charge >= 0.3 is 6.18 Å². The molecule has 2 rings (SSSR count). The molecule has 3 nitrogen and oxygen atoms in total. The lowest BCUT2D eigenvalue weighted by molar-refractivity contribution is -0.138. The summed E-state index contributed by atoms with van der Waals surface area (Å²) in [5.41, 5.74) is 2.77. The molecule has 20 heavy (non-hydrogen) atoms. The molecule has 2 aromatic rings. The van der Waals surface area contributed by atoms with Gasteiger partial charge in [-0.1, -0.05) is 0 Å². The van der Waals surface area contributed by atoms with Crippen molar-refractivity contribution in [2.45, 2.75) is 18.6 Å². The number of nitrogens with one attached hydrogen (secondary N) is 1. The molecule has 0 aliphatic rings. The van der Waals surface area contributed by atoms with Gasteiger partial charge in [-0.05, 0) is 23.8 Å². The Morgan fingerprint density at radius 1 is 1.35 bits per heavy atom. The number of nitrogens with zero attached hydrogens (tertiary/aromatic N) is 1. The summed E-state index contributed by atoms with van der Waals surface area (Å²) < 4.78 is 52.1. The standard InChI is InChI=1S/C12H11F4N3S/c13-7-1-2-10(12(14,15)16)9(3-7)11(19-17)4-8-5-18-6-20-8/h1-3,5-6,11,19H,4,17H2. The van der Waals surface area contributed by atoms with Crippen molar-refractivity contribution in [2.75, 3.05) is 0 Å². The number of halogens is 4. The van der Waals surface area contributed by atoms with Crippen LogP contribution in [0.4, 0.5) is 17.6 Å². The Morgan fingerprint density at radius 2 is 2.10 bits per heavy atom. The molecule has 0 fully saturated rings. The first-order valence-corrected chi connectivity index (χ1v) is 6.50. The molecule has 0 spiro atoms. The van der Waals surface area contributed by atoms with Gasteiger partial charge < -0.3 is 0 Å². The van der Waals surface area contributed by atoms with Crippen molar-refractivity contribution in [3.63, 3.8) is 0 Å². The van der Waals surface area contributed by atoms with E-state index < -0.39 is 23.6 Å². The highest BCUT2D eigenvalue weighted by Gasteiger charge is 2.35. The average Bonchev–Trinajstić information content (AvgIpc) is 2.87. The van der Waals surface area contributed by atoms with Crippen LogP contribution in [0.5, 0.6) is 0 Å². The molecule has 3 N–H and O–H groups in total. The summed E-state index contributed by atoms with van der Waals surface area (Å²) in [7, 11) is 0. The summed E-state index contributed by atoms with van der Waals surface area (Å²) in [4.78, 5) is 4.60. The van der Waals surface area contributed by atoms with Crippen molar-refractivity contribution in [3.8, 4) is 0 Å². The van der Waals surface area contributed by atoms with Gasteiger partial charge in [-0.25, -0.2) is 4.39 Å². The third-order valence-corrected chi connectivity index (χ3v) is 3.59. The molecule has 0 saturated carbocycles. The van der Waals surface area contributed by atoms with Gasteiger partial charge in [-0.2, -0.15) is 13.2 Å². The molecular weight excluding hydrogens is 294 g/mol. The number of hydrazine groups is 1. The van der Waals surface area contributed by atoms with Crippen molar-refractivity contribution >= 4 is 11.3 Å². The first-order valence-electron chi connectivity index (χ1n) is 5.62. The van der Waals surface area contributed by atoms with Crippen LogP contribution in [0.15, 0.2) is 29.9 Å². The topological polar surface area (TPSA) is 50.9 Å². The Kier molecular flexibility index (Phi) is 4.36. The van der Waals surface area contributed by atoms with E-state index in [-0.39, 0.29) is 12.0 Å². The van der Waals surface area contributed by atoms with E-state index in [1.165, 1.54) is 11.3 Å². The molecule has 0 bridgehead atoms. The van der Waals surface area contributed by atoms with Crippen LogP contribution in [0.25, 0.3) is 0 Å². The largest absolute Gasteiger partial charge is 0.416 e. The van der Waals surface area contributed by atoms with Gasteiger partial charge in [0.05, 0.1) is 17.1 Å². The van der Waals surface area contributed by atoms with Crippen LogP contribution in [0, 0.1) is 5.82 Å². The van der Waals surface area contributed by atoms with E-state index in [2.05, 4.69) is 10.4 Å². The Bertz CT molecular complexity index is 569. The lowest BCUT2D eigenvalue weighted by Crippen LogP contribution is -2.31. The molecule has 8 heteroatoms. The van der Waals surface area contributed by atoms with Gasteiger partial charge in [0.25, 0.3) is 0 Å². The third kappa shape index (κ3) is 3.33. The maximum atomic E-state index is 13.3. The minimum Gasteiger partial charge on any atom is -0.271 e. The molecule has 108 valence electrons. The molecule has 1 aromatic carbocycles. The van der Waals surface area contributed by atoms with Gasteiger partial charge in [-0.15, -0.1) is 11.3 Å². The molecule has 1 heterocycles. The fraction of sp³-hybridized carbons (Fsp3) is 0.250. The van der Waals surface area contributed by atoms with Crippen molar-refractivity contribution in [1.29, 1.82) is 0 Å². The zero-order chi connectivity index (χ0) is 14.8. The monoisotopic (exact) mass is 305 g/mol. The first-order chi connectivity index (χ1) is 9.41. The molecule has 0 aliphatic heterocycles. The van der Waals surface area contributed by atoms with Crippen LogP contribution in [-0.4, -0.2) is 4.98 Å². The van der Waals surface area contributed by atoms with E-state index in [0.29, 0.717) is 0 Å². The molecule has 1 unspecified atom stereocenters. The van der Waals surface area contributed by atoms with Gasteiger partial charge in [0, 0.05) is 17.5 Å². The summed E-state index contributed by atoms with van der Waals surface area (Å²) in [6.45, 7) is 0. The minimum atomic E-state index is -4.56. The van der Waals surface area contributed by atoms with Gasteiger partial charge in [0.15, 0.2) is 0 Å². The summed E-state index contributed by atoms with van der Waals surface area (Å²) in [6, 6.07) is 1.52. The zero-order valence-corrected chi connectivity index (χ0v) is 10.9.